The number of anilines is 1. The minimum Gasteiger partial charge on any atom is -0.493 e. The Labute approximate surface area is 187 Å². The molecular formula is C26H26N2O4. The Morgan fingerprint density at radius 2 is 1.81 bits per heavy atom. The number of ether oxygens (including phenoxy) is 2. The zero-order valence-electron chi connectivity index (χ0n) is 18.7. The molecule has 6 heteroatoms. The first-order chi connectivity index (χ1) is 15.5. The molecule has 1 aromatic heterocycles. The summed E-state index contributed by atoms with van der Waals surface area (Å²) in [5, 5.41) is 7.59. The Balaban J connectivity index is 1.59. The molecule has 0 fully saturated rings. The van der Waals surface area contributed by atoms with Gasteiger partial charge in [-0.3, -0.25) is 4.79 Å². The van der Waals surface area contributed by atoms with E-state index in [4.69, 9.17) is 14.0 Å². The third kappa shape index (κ3) is 3.18. The summed E-state index contributed by atoms with van der Waals surface area (Å²) < 4.78 is 16.5. The number of methoxy groups -OCH3 is 2. The summed E-state index contributed by atoms with van der Waals surface area (Å²) in [6, 6.07) is 14.1. The van der Waals surface area contributed by atoms with Crippen molar-refractivity contribution >= 4 is 11.7 Å². The predicted octanol–water partition coefficient (Wildman–Crippen LogP) is 5.27. The number of nitrogens with zero attached hydrogens (tertiary/aromatic N) is 1. The summed E-state index contributed by atoms with van der Waals surface area (Å²) >= 11 is 0. The Hall–Kier alpha value is -3.54. The Bertz CT molecular complexity index is 1240. The molecule has 0 spiro atoms. The van der Waals surface area contributed by atoms with Crippen molar-refractivity contribution in [1.29, 1.82) is 0 Å². The highest BCUT2D eigenvalue weighted by Gasteiger charge is 2.41. The van der Waals surface area contributed by atoms with Crippen LogP contribution in [-0.4, -0.2) is 25.2 Å². The van der Waals surface area contributed by atoms with Crippen LogP contribution in [0.3, 0.4) is 0 Å². The zero-order chi connectivity index (χ0) is 22.4. The SMILES string of the molecule is COc1ccc([C@@H]2CC(=O)C3=C(C2)Nc2onc(C)c2[C@@H]3c2ccccc2C)cc1OC. The standard InChI is InChI=1S/C26H26N2O4/c1-14-7-5-6-8-18(14)24-23-15(2)28-32-26(23)27-19-11-17(12-20(29)25(19)24)16-9-10-21(30-3)22(13-16)31-4/h5-10,13,17,24,27H,11-12H2,1-4H3/t17-,24-/m0/s1. The van der Waals surface area contributed by atoms with Crippen LogP contribution in [0.25, 0.3) is 0 Å². The van der Waals surface area contributed by atoms with Crippen molar-refractivity contribution in [2.45, 2.75) is 38.5 Å². The molecule has 164 valence electrons. The third-order valence-corrected chi connectivity index (χ3v) is 6.64. The Morgan fingerprint density at radius 1 is 1.03 bits per heavy atom. The Kier molecular flexibility index (Phi) is 5.00. The summed E-state index contributed by atoms with van der Waals surface area (Å²) in [5.74, 6) is 1.99. The summed E-state index contributed by atoms with van der Waals surface area (Å²) in [4.78, 5) is 13.6. The fourth-order valence-electron chi connectivity index (χ4n) is 5.04. The number of carbonyl (C=O) groups excluding carboxylic acids is 1. The molecule has 1 aliphatic heterocycles. The molecular weight excluding hydrogens is 404 g/mol. The van der Waals surface area contributed by atoms with Gasteiger partial charge in [-0.2, -0.15) is 0 Å². The number of rotatable bonds is 4. The normalized spacial score (nSPS) is 19.8. The van der Waals surface area contributed by atoms with Crippen molar-refractivity contribution in [1.82, 2.24) is 5.16 Å². The van der Waals surface area contributed by atoms with E-state index in [1.54, 1.807) is 14.2 Å². The molecule has 2 aromatic carbocycles. The molecule has 0 bridgehead atoms. The maximum absolute atomic E-state index is 13.6. The minimum atomic E-state index is -0.174. The van der Waals surface area contributed by atoms with E-state index >= 15 is 0 Å². The van der Waals surface area contributed by atoms with Gasteiger partial charge >= 0.3 is 0 Å². The van der Waals surface area contributed by atoms with Crippen LogP contribution in [0.15, 0.2) is 58.3 Å². The van der Waals surface area contributed by atoms with Crippen LogP contribution in [0, 0.1) is 13.8 Å². The summed E-state index contributed by atoms with van der Waals surface area (Å²) in [6.07, 6.45) is 1.15. The monoisotopic (exact) mass is 430 g/mol. The van der Waals surface area contributed by atoms with E-state index in [-0.39, 0.29) is 17.6 Å². The molecule has 2 aliphatic rings. The summed E-state index contributed by atoms with van der Waals surface area (Å²) in [5.41, 5.74) is 6.82. The molecule has 5 rings (SSSR count). The van der Waals surface area contributed by atoms with Gasteiger partial charge in [0.05, 0.1) is 25.5 Å². The number of hydrogen-bond donors (Lipinski definition) is 1. The van der Waals surface area contributed by atoms with E-state index in [1.165, 1.54) is 0 Å². The quantitative estimate of drug-likeness (QED) is 0.608. The highest BCUT2D eigenvalue weighted by atomic mass is 16.5. The van der Waals surface area contributed by atoms with Crippen LogP contribution >= 0.6 is 0 Å². The molecule has 2 atom stereocenters. The lowest BCUT2D eigenvalue weighted by atomic mass is 9.71. The maximum atomic E-state index is 13.6. The molecule has 32 heavy (non-hydrogen) atoms. The molecule has 0 saturated heterocycles. The second kappa shape index (κ2) is 7.86. The van der Waals surface area contributed by atoms with Gasteiger partial charge in [-0.05, 0) is 55.0 Å². The van der Waals surface area contributed by atoms with Gasteiger partial charge in [0.25, 0.3) is 0 Å². The van der Waals surface area contributed by atoms with Crippen LogP contribution in [-0.2, 0) is 4.79 Å². The van der Waals surface area contributed by atoms with Crippen molar-refractivity contribution in [3.05, 3.63) is 81.7 Å². The first-order valence-corrected chi connectivity index (χ1v) is 10.8. The van der Waals surface area contributed by atoms with Gasteiger partial charge in [-0.15, -0.1) is 0 Å². The van der Waals surface area contributed by atoms with Crippen LogP contribution in [0.2, 0.25) is 0 Å². The maximum Gasteiger partial charge on any atom is 0.233 e. The summed E-state index contributed by atoms with van der Waals surface area (Å²) in [6.45, 7) is 4.01. The van der Waals surface area contributed by atoms with Crippen molar-refractivity contribution in [2.24, 2.45) is 0 Å². The minimum absolute atomic E-state index is 0.0386. The van der Waals surface area contributed by atoms with Crippen molar-refractivity contribution in [2.75, 3.05) is 19.5 Å². The van der Waals surface area contributed by atoms with Gasteiger partial charge < -0.3 is 19.3 Å². The molecule has 0 saturated carbocycles. The fraction of sp³-hybridized carbons (Fsp3) is 0.308. The smallest absolute Gasteiger partial charge is 0.233 e. The molecule has 0 amide bonds. The number of carbonyl (C=O) groups is 1. The number of ketones is 1. The number of allylic oxidation sites excluding steroid dienone is 2. The van der Waals surface area contributed by atoms with Crippen LogP contribution < -0.4 is 14.8 Å². The molecule has 2 heterocycles. The number of nitrogens with one attached hydrogen (secondary N) is 1. The highest BCUT2D eigenvalue weighted by Crippen LogP contribution is 2.50. The van der Waals surface area contributed by atoms with E-state index in [9.17, 15) is 4.79 Å². The topological polar surface area (TPSA) is 73.6 Å². The van der Waals surface area contributed by atoms with Gasteiger partial charge in [0.2, 0.25) is 5.88 Å². The fourth-order valence-corrected chi connectivity index (χ4v) is 5.04. The first kappa shape index (κ1) is 20.4. The number of benzene rings is 2. The zero-order valence-corrected chi connectivity index (χ0v) is 18.7. The average molecular weight is 431 g/mol. The van der Waals surface area contributed by atoms with Crippen molar-refractivity contribution in [3.63, 3.8) is 0 Å². The van der Waals surface area contributed by atoms with Gasteiger partial charge in [-0.25, -0.2) is 0 Å². The number of aryl methyl sites for hydroxylation is 2. The van der Waals surface area contributed by atoms with Gasteiger partial charge in [0.15, 0.2) is 17.3 Å². The largest absolute Gasteiger partial charge is 0.493 e. The lowest BCUT2D eigenvalue weighted by Gasteiger charge is -2.35. The average Bonchev–Trinajstić information content (AvgIpc) is 3.17. The Morgan fingerprint density at radius 3 is 2.56 bits per heavy atom. The van der Waals surface area contributed by atoms with E-state index in [0.717, 1.165) is 39.2 Å². The van der Waals surface area contributed by atoms with E-state index < -0.39 is 0 Å². The van der Waals surface area contributed by atoms with Crippen LogP contribution in [0.5, 0.6) is 11.5 Å². The second-order valence-electron chi connectivity index (χ2n) is 8.46. The lowest BCUT2D eigenvalue weighted by Crippen LogP contribution is -2.29. The number of aromatic nitrogens is 1. The predicted molar refractivity (Wildman–Crippen MR) is 121 cm³/mol. The van der Waals surface area contributed by atoms with Crippen LogP contribution in [0.1, 0.15) is 52.6 Å². The molecule has 6 nitrogen and oxygen atoms in total. The van der Waals surface area contributed by atoms with Gasteiger partial charge in [-0.1, -0.05) is 35.5 Å². The third-order valence-electron chi connectivity index (χ3n) is 6.64. The van der Waals surface area contributed by atoms with Crippen molar-refractivity contribution in [3.8, 4) is 11.5 Å². The summed E-state index contributed by atoms with van der Waals surface area (Å²) in [7, 11) is 3.24. The van der Waals surface area contributed by atoms with Crippen LogP contribution in [0.4, 0.5) is 5.88 Å². The highest BCUT2D eigenvalue weighted by molar-refractivity contribution is 6.01. The van der Waals surface area contributed by atoms with E-state index in [2.05, 4.69) is 29.5 Å². The van der Waals surface area contributed by atoms with E-state index in [0.29, 0.717) is 30.2 Å². The number of hydrogen-bond acceptors (Lipinski definition) is 6. The van der Waals surface area contributed by atoms with E-state index in [1.807, 2.05) is 37.3 Å². The number of fused-ring (bicyclic) bond motifs is 1. The lowest BCUT2D eigenvalue weighted by molar-refractivity contribution is -0.116. The number of Topliss-reactive ketones (excluding diaryl/α,β-unsaturated/α-hetero) is 1. The van der Waals surface area contributed by atoms with Crippen molar-refractivity contribution < 1.29 is 18.8 Å². The molecule has 1 N–H and O–H groups in total. The molecule has 3 aromatic rings. The van der Waals surface area contributed by atoms with Gasteiger partial charge in [0, 0.05) is 23.6 Å². The second-order valence-corrected chi connectivity index (χ2v) is 8.46. The molecule has 0 radical (unpaired) electrons. The van der Waals surface area contributed by atoms with Gasteiger partial charge in [0.1, 0.15) is 0 Å². The molecule has 1 aliphatic carbocycles. The molecule has 0 unspecified atom stereocenters. The first-order valence-electron chi connectivity index (χ1n) is 10.8.